The van der Waals surface area contributed by atoms with Crippen LogP contribution in [0.15, 0.2) is 24.3 Å². The van der Waals surface area contributed by atoms with E-state index in [1.165, 1.54) is 6.07 Å². The van der Waals surface area contributed by atoms with Crippen molar-refractivity contribution in [3.05, 3.63) is 35.6 Å². The molecule has 3 nitrogen and oxygen atoms in total. The van der Waals surface area contributed by atoms with E-state index in [0.29, 0.717) is 11.5 Å². The second-order valence-corrected chi connectivity index (χ2v) is 7.82. The van der Waals surface area contributed by atoms with Crippen molar-refractivity contribution in [2.75, 3.05) is 18.1 Å². The van der Waals surface area contributed by atoms with Crippen LogP contribution in [0.25, 0.3) is 0 Å². The highest BCUT2D eigenvalue weighted by atomic mass is 32.2. The Kier molecular flexibility index (Phi) is 5.16. The Labute approximate surface area is 120 Å². The van der Waals surface area contributed by atoms with Crippen molar-refractivity contribution in [2.45, 2.75) is 32.2 Å². The Morgan fingerprint density at radius 2 is 2.25 bits per heavy atom. The predicted molar refractivity (Wildman–Crippen MR) is 78.9 cm³/mol. The minimum Gasteiger partial charge on any atom is -0.314 e. The summed E-state index contributed by atoms with van der Waals surface area (Å²) in [5.74, 6) is 0.632. The maximum atomic E-state index is 13.2. The molecule has 2 unspecified atom stereocenters. The van der Waals surface area contributed by atoms with Gasteiger partial charge in [0.2, 0.25) is 0 Å². The molecule has 2 atom stereocenters. The second kappa shape index (κ2) is 6.68. The van der Waals surface area contributed by atoms with Gasteiger partial charge in [-0.2, -0.15) is 0 Å². The lowest BCUT2D eigenvalue weighted by molar-refractivity contribution is 0.409. The molecule has 1 aromatic rings. The standard InChI is InChI=1S/C15H22FNO2S/c1-2-17-15(9-12-4-3-5-14(16)8-12)10-13-6-7-20(18,19)11-13/h3-5,8,13,15,17H,2,6-7,9-11H2,1H3. The Bertz CT molecular complexity index is 545. The van der Waals surface area contributed by atoms with Crippen LogP contribution in [-0.4, -0.2) is 32.5 Å². The molecular weight excluding hydrogens is 277 g/mol. The van der Waals surface area contributed by atoms with E-state index in [1.807, 2.05) is 13.0 Å². The van der Waals surface area contributed by atoms with E-state index in [9.17, 15) is 12.8 Å². The van der Waals surface area contributed by atoms with Gasteiger partial charge in [-0.3, -0.25) is 0 Å². The highest BCUT2D eigenvalue weighted by Gasteiger charge is 2.29. The molecule has 1 aliphatic heterocycles. The largest absolute Gasteiger partial charge is 0.314 e. The van der Waals surface area contributed by atoms with E-state index < -0.39 is 9.84 Å². The minimum atomic E-state index is -2.82. The Hall–Kier alpha value is -0.940. The monoisotopic (exact) mass is 299 g/mol. The van der Waals surface area contributed by atoms with Crippen molar-refractivity contribution in [2.24, 2.45) is 5.92 Å². The number of hydrogen-bond acceptors (Lipinski definition) is 3. The first kappa shape index (κ1) is 15.4. The van der Waals surface area contributed by atoms with Crippen molar-refractivity contribution in [1.29, 1.82) is 0 Å². The average Bonchev–Trinajstić information content (AvgIpc) is 2.69. The van der Waals surface area contributed by atoms with Crippen LogP contribution in [-0.2, 0) is 16.3 Å². The first-order valence-corrected chi connectivity index (χ1v) is 8.99. The molecule has 112 valence electrons. The number of rotatable bonds is 6. The number of benzene rings is 1. The summed E-state index contributed by atoms with van der Waals surface area (Å²) in [7, 11) is -2.82. The van der Waals surface area contributed by atoms with Crippen LogP contribution < -0.4 is 5.32 Å². The molecule has 0 spiro atoms. The van der Waals surface area contributed by atoms with E-state index in [2.05, 4.69) is 5.32 Å². The van der Waals surface area contributed by atoms with Gasteiger partial charge in [0.25, 0.3) is 0 Å². The molecular formula is C15H22FNO2S. The molecule has 0 aromatic heterocycles. The van der Waals surface area contributed by atoms with Crippen LogP contribution in [0.4, 0.5) is 4.39 Å². The van der Waals surface area contributed by atoms with E-state index >= 15 is 0 Å². The van der Waals surface area contributed by atoms with Crippen molar-refractivity contribution in [3.8, 4) is 0 Å². The number of halogens is 1. The zero-order chi connectivity index (χ0) is 14.6. The van der Waals surface area contributed by atoms with Gasteiger partial charge in [-0.25, -0.2) is 12.8 Å². The van der Waals surface area contributed by atoms with Gasteiger partial charge in [0.1, 0.15) is 5.82 Å². The topological polar surface area (TPSA) is 46.2 Å². The molecule has 1 saturated heterocycles. The molecule has 0 amide bonds. The summed E-state index contributed by atoms with van der Waals surface area (Å²) in [4.78, 5) is 0. The van der Waals surface area contributed by atoms with Gasteiger partial charge in [-0.1, -0.05) is 19.1 Å². The SMILES string of the molecule is CCNC(Cc1cccc(F)c1)CC1CCS(=O)(=O)C1. The summed E-state index contributed by atoms with van der Waals surface area (Å²) in [6.45, 7) is 2.86. The van der Waals surface area contributed by atoms with Crippen LogP contribution in [0.3, 0.4) is 0 Å². The van der Waals surface area contributed by atoms with E-state index in [-0.39, 0.29) is 17.8 Å². The summed E-state index contributed by atoms with van der Waals surface area (Å²) >= 11 is 0. The van der Waals surface area contributed by atoms with Gasteiger partial charge in [0.05, 0.1) is 11.5 Å². The highest BCUT2D eigenvalue weighted by molar-refractivity contribution is 7.91. The zero-order valence-electron chi connectivity index (χ0n) is 11.8. The Balaban J connectivity index is 1.97. The van der Waals surface area contributed by atoms with Gasteiger partial charge in [-0.15, -0.1) is 0 Å². The van der Waals surface area contributed by atoms with Gasteiger partial charge in [0.15, 0.2) is 9.84 Å². The number of nitrogens with one attached hydrogen (secondary N) is 1. The second-order valence-electron chi connectivity index (χ2n) is 5.59. The van der Waals surface area contributed by atoms with Gasteiger partial charge in [-0.05, 0) is 49.4 Å². The van der Waals surface area contributed by atoms with Crippen LogP contribution >= 0.6 is 0 Å². The maximum Gasteiger partial charge on any atom is 0.150 e. The number of likely N-dealkylation sites (N-methyl/N-ethyl adjacent to an activating group) is 1. The fourth-order valence-corrected chi connectivity index (χ4v) is 4.82. The normalized spacial score (nSPS) is 22.8. The summed E-state index contributed by atoms with van der Waals surface area (Å²) in [6.07, 6.45) is 2.33. The third-order valence-electron chi connectivity index (χ3n) is 3.81. The molecule has 0 radical (unpaired) electrons. The summed E-state index contributed by atoms with van der Waals surface area (Å²) in [6, 6.07) is 6.83. The third kappa shape index (κ3) is 4.56. The molecule has 1 aromatic carbocycles. The lowest BCUT2D eigenvalue weighted by Gasteiger charge is -2.21. The summed E-state index contributed by atoms with van der Waals surface area (Å²) in [5.41, 5.74) is 0.955. The van der Waals surface area contributed by atoms with E-state index in [0.717, 1.165) is 31.4 Å². The Morgan fingerprint density at radius 1 is 1.45 bits per heavy atom. The Morgan fingerprint density at radius 3 is 2.85 bits per heavy atom. The molecule has 20 heavy (non-hydrogen) atoms. The quantitative estimate of drug-likeness (QED) is 0.875. The minimum absolute atomic E-state index is 0.208. The third-order valence-corrected chi connectivity index (χ3v) is 5.65. The van der Waals surface area contributed by atoms with Crippen molar-refractivity contribution in [1.82, 2.24) is 5.32 Å². The molecule has 2 rings (SSSR count). The van der Waals surface area contributed by atoms with Gasteiger partial charge < -0.3 is 5.32 Å². The molecule has 1 fully saturated rings. The van der Waals surface area contributed by atoms with Gasteiger partial charge >= 0.3 is 0 Å². The van der Waals surface area contributed by atoms with Crippen LogP contribution in [0, 0.1) is 11.7 Å². The van der Waals surface area contributed by atoms with E-state index in [1.54, 1.807) is 12.1 Å². The maximum absolute atomic E-state index is 13.2. The fourth-order valence-electron chi connectivity index (χ4n) is 2.94. The van der Waals surface area contributed by atoms with Crippen LogP contribution in [0.2, 0.25) is 0 Å². The number of sulfone groups is 1. The van der Waals surface area contributed by atoms with Crippen LogP contribution in [0.5, 0.6) is 0 Å². The molecule has 1 aliphatic rings. The lowest BCUT2D eigenvalue weighted by Crippen LogP contribution is -2.33. The van der Waals surface area contributed by atoms with E-state index in [4.69, 9.17) is 0 Å². The average molecular weight is 299 g/mol. The predicted octanol–water partition coefficient (Wildman–Crippen LogP) is 2.17. The fraction of sp³-hybridized carbons (Fsp3) is 0.600. The summed E-state index contributed by atoms with van der Waals surface area (Å²) in [5, 5.41) is 3.39. The molecule has 1 heterocycles. The van der Waals surface area contributed by atoms with Crippen LogP contribution in [0.1, 0.15) is 25.3 Å². The zero-order valence-corrected chi connectivity index (χ0v) is 12.6. The molecule has 0 bridgehead atoms. The highest BCUT2D eigenvalue weighted by Crippen LogP contribution is 2.24. The van der Waals surface area contributed by atoms with Crippen molar-refractivity contribution < 1.29 is 12.8 Å². The van der Waals surface area contributed by atoms with Crippen molar-refractivity contribution >= 4 is 9.84 Å². The number of hydrogen-bond donors (Lipinski definition) is 1. The molecule has 0 aliphatic carbocycles. The summed E-state index contributed by atoms with van der Waals surface area (Å²) < 4.78 is 36.2. The van der Waals surface area contributed by atoms with Gasteiger partial charge in [0, 0.05) is 6.04 Å². The molecule has 0 saturated carbocycles. The smallest absolute Gasteiger partial charge is 0.150 e. The first-order valence-electron chi connectivity index (χ1n) is 7.17. The molecule has 5 heteroatoms. The lowest BCUT2D eigenvalue weighted by atomic mass is 9.94. The van der Waals surface area contributed by atoms with Crippen molar-refractivity contribution in [3.63, 3.8) is 0 Å². The molecule has 1 N–H and O–H groups in total. The first-order chi connectivity index (χ1) is 9.48.